The number of nitrogens with zero attached hydrogens (tertiary/aromatic N) is 2. The first-order chi connectivity index (χ1) is 13.0. The second-order valence-electron chi connectivity index (χ2n) is 6.58. The van der Waals surface area contributed by atoms with Crippen molar-refractivity contribution in [3.05, 3.63) is 52.5 Å². The van der Waals surface area contributed by atoms with Gasteiger partial charge in [0.15, 0.2) is 6.29 Å². The molecule has 0 saturated carbocycles. The summed E-state index contributed by atoms with van der Waals surface area (Å²) in [4.78, 5) is 4.44. The van der Waals surface area contributed by atoms with Gasteiger partial charge in [-0.3, -0.25) is 0 Å². The molecule has 0 amide bonds. The van der Waals surface area contributed by atoms with Crippen molar-refractivity contribution in [2.45, 2.75) is 43.7 Å². The van der Waals surface area contributed by atoms with E-state index in [1.54, 1.807) is 12.4 Å². The highest BCUT2D eigenvalue weighted by atomic mass is 79.9. The van der Waals surface area contributed by atoms with Gasteiger partial charge in [0.25, 0.3) is 0 Å². The fourth-order valence-electron chi connectivity index (χ4n) is 2.96. The summed E-state index contributed by atoms with van der Waals surface area (Å²) < 4.78 is 14.6. The SMILES string of the molecule is C[C@@]([Si])(OC1CCCCO1)c1nccn1[C@@H](C#Cc1ccc(Br)cc1)CO. The number of imidazole rings is 1. The first kappa shape index (κ1) is 20.3. The summed E-state index contributed by atoms with van der Waals surface area (Å²) in [5, 5.41) is 9.04. The maximum atomic E-state index is 9.89. The highest BCUT2D eigenvalue weighted by molar-refractivity contribution is 9.10. The highest BCUT2D eigenvalue weighted by Crippen LogP contribution is 2.27. The van der Waals surface area contributed by atoms with Crippen molar-refractivity contribution in [1.82, 2.24) is 9.55 Å². The number of hydrogen-bond donors (Lipinski definition) is 1. The highest BCUT2D eigenvalue weighted by Gasteiger charge is 2.32. The van der Waals surface area contributed by atoms with Gasteiger partial charge in [-0.2, -0.15) is 0 Å². The minimum atomic E-state index is -0.849. The Bertz CT molecular complexity index is 805. The number of aliphatic hydroxyl groups is 1. The van der Waals surface area contributed by atoms with Gasteiger partial charge >= 0.3 is 0 Å². The number of halogens is 1. The van der Waals surface area contributed by atoms with Crippen LogP contribution in [0.1, 0.15) is 43.6 Å². The lowest BCUT2D eigenvalue weighted by Crippen LogP contribution is -2.38. The summed E-state index contributed by atoms with van der Waals surface area (Å²) in [6, 6.07) is 7.30. The van der Waals surface area contributed by atoms with Crippen LogP contribution >= 0.6 is 15.9 Å². The molecule has 1 fully saturated rings. The predicted octanol–water partition coefficient (Wildman–Crippen LogP) is 3.12. The Kier molecular flexibility index (Phi) is 6.90. The summed E-state index contributed by atoms with van der Waals surface area (Å²) in [7, 11) is 3.70. The second-order valence-corrected chi connectivity index (χ2v) is 8.45. The normalized spacial score (nSPS) is 20.4. The second kappa shape index (κ2) is 9.17. The maximum Gasteiger partial charge on any atom is 0.158 e. The first-order valence-electron chi connectivity index (χ1n) is 8.95. The zero-order chi connectivity index (χ0) is 19.3. The number of ether oxygens (including phenoxy) is 2. The molecule has 5 nitrogen and oxygen atoms in total. The van der Waals surface area contributed by atoms with E-state index in [1.807, 2.05) is 35.8 Å². The fraction of sp³-hybridized carbons (Fsp3) is 0.450. The molecule has 0 bridgehead atoms. The van der Waals surface area contributed by atoms with Gasteiger partial charge in [-0.05, 0) is 50.5 Å². The summed E-state index contributed by atoms with van der Waals surface area (Å²) in [5.74, 6) is 6.87. The van der Waals surface area contributed by atoms with E-state index in [-0.39, 0.29) is 12.9 Å². The van der Waals surface area contributed by atoms with Crippen LogP contribution in [-0.2, 0) is 14.7 Å². The zero-order valence-corrected chi connectivity index (χ0v) is 17.8. The van der Waals surface area contributed by atoms with Gasteiger partial charge in [-0.15, -0.1) is 0 Å². The molecule has 0 aliphatic carbocycles. The van der Waals surface area contributed by atoms with E-state index in [2.05, 4.69) is 43.0 Å². The van der Waals surface area contributed by atoms with Gasteiger partial charge in [0.2, 0.25) is 0 Å². The Hall–Kier alpha value is -1.43. The van der Waals surface area contributed by atoms with E-state index in [4.69, 9.17) is 9.47 Å². The van der Waals surface area contributed by atoms with Crippen molar-refractivity contribution in [2.24, 2.45) is 0 Å². The molecule has 1 aliphatic heterocycles. The van der Waals surface area contributed by atoms with Crippen LogP contribution < -0.4 is 0 Å². The van der Waals surface area contributed by atoms with Crippen LogP contribution in [0, 0.1) is 11.8 Å². The Morgan fingerprint density at radius 1 is 1.44 bits per heavy atom. The van der Waals surface area contributed by atoms with Crippen molar-refractivity contribution in [3.8, 4) is 11.8 Å². The number of aliphatic hydroxyl groups excluding tert-OH is 1. The molecule has 2 heterocycles. The van der Waals surface area contributed by atoms with E-state index < -0.39 is 11.3 Å². The van der Waals surface area contributed by atoms with Gasteiger partial charge in [-0.1, -0.05) is 27.8 Å². The molecule has 1 saturated heterocycles. The van der Waals surface area contributed by atoms with Gasteiger partial charge in [0.05, 0.1) is 16.8 Å². The van der Waals surface area contributed by atoms with Crippen LogP contribution in [0.4, 0.5) is 0 Å². The van der Waals surface area contributed by atoms with E-state index in [0.29, 0.717) is 12.4 Å². The first-order valence-corrected chi connectivity index (χ1v) is 10.2. The molecular weight excluding hydrogens is 424 g/mol. The lowest BCUT2D eigenvalue weighted by Gasteiger charge is -2.33. The molecule has 1 aliphatic rings. The van der Waals surface area contributed by atoms with Gasteiger partial charge in [0.1, 0.15) is 17.1 Å². The van der Waals surface area contributed by atoms with Crippen LogP contribution in [0.5, 0.6) is 0 Å². The third-order valence-corrected chi connectivity index (χ3v) is 5.21. The van der Waals surface area contributed by atoms with Crippen LogP contribution in [0.25, 0.3) is 0 Å². The lowest BCUT2D eigenvalue weighted by molar-refractivity contribution is -0.202. The summed E-state index contributed by atoms with van der Waals surface area (Å²) in [6.07, 6.45) is 6.21. The smallest absolute Gasteiger partial charge is 0.158 e. The molecular formula is C20H22BrN2O3Si. The molecule has 141 valence electrons. The van der Waals surface area contributed by atoms with Crippen LogP contribution in [0.3, 0.4) is 0 Å². The number of benzene rings is 1. The average Bonchev–Trinajstić information content (AvgIpc) is 3.15. The minimum absolute atomic E-state index is 0.130. The summed E-state index contributed by atoms with van der Waals surface area (Å²) in [5.41, 5.74) is 0.881. The molecule has 3 atom stereocenters. The monoisotopic (exact) mass is 445 g/mol. The maximum absolute atomic E-state index is 9.89. The number of rotatable bonds is 5. The van der Waals surface area contributed by atoms with E-state index in [1.165, 1.54) is 0 Å². The minimum Gasteiger partial charge on any atom is -0.393 e. The number of hydrogen-bond acceptors (Lipinski definition) is 4. The van der Waals surface area contributed by atoms with Crippen molar-refractivity contribution < 1.29 is 14.6 Å². The molecule has 0 spiro atoms. The largest absolute Gasteiger partial charge is 0.393 e. The lowest BCUT2D eigenvalue weighted by atomic mass is 10.2. The molecule has 3 radical (unpaired) electrons. The van der Waals surface area contributed by atoms with Gasteiger partial charge in [0, 0.05) is 29.0 Å². The zero-order valence-electron chi connectivity index (χ0n) is 15.2. The Balaban J connectivity index is 1.80. The van der Waals surface area contributed by atoms with Crippen molar-refractivity contribution in [3.63, 3.8) is 0 Å². The van der Waals surface area contributed by atoms with Crippen molar-refractivity contribution in [1.29, 1.82) is 0 Å². The Labute approximate surface area is 171 Å². The predicted molar refractivity (Wildman–Crippen MR) is 107 cm³/mol. The summed E-state index contributed by atoms with van der Waals surface area (Å²) >= 11 is 3.41. The third kappa shape index (κ3) is 5.30. The van der Waals surface area contributed by atoms with Crippen LogP contribution in [-0.4, -0.2) is 44.4 Å². The molecule has 1 N–H and O–H groups in total. The van der Waals surface area contributed by atoms with E-state index in [0.717, 1.165) is 29.3 Å². The van der Waals surface area contributed by atoms with Gasteiger partial charge < -0.3 is 19.1 Å². The standard InChI is InChI=1S/C20H22BrN2O3Si/c1-20(27,26-18-4-2-3-13-25-18)19-22-11-12-23(19)17(14-24)10-7-15-5-8-16(21)9-6-15/h5-6,8-9,11-12,17-18,24H,2-4,13-14H2,1H3/t17-,18?,20-/m0/s1. The molecule has 1 aromatic carbocycles. The quantitative estimate of drug-likeness (QED) is 0.567. The fourth-order valence-corrected chi connectivity index (χ4v) is 3.55. The molecule has 3 rings (SSSR count). The van der Waals surface area contributed by atoms with E-state index in [9.17, 15) is 5.11 Å². The molecule has 1 aromatic heterocycles. The average molecular weight is 446 g/mol. The molecule has 27 heavy (non-hydrogen) atoms. The van der Waals surface area contributed by atoms with Crippen molar-refractivity contribution in [2.75, 3.05) is 13.2 Å². The molecule has 1 unspecified atom stereocenters. The van der Waals surface area contributed by atoms with Crippen LogP contribution in [0.2, 0.25) is 0 Å². The van der Waals surface area contributed by atoms with E-state index >= 15 is 0 Å². The number of aromatic nitrogens is 2. The van der Waals surface area contributed by atoms with Crippen LogP contribution in [0.15, 0.2) is 41.1 Å². The Morgan fingerprint density at radius 2 is 2.22 bits per heavy atom. The molecule has 2 aromatic rings. The molecule has 7 heteroatoms. The third-order valence-electron chi connectivity index (χ3n) is 4.34. The summed E-state index contributed by atoms with van der Waals surface area (Å²) in [6.45, 7) is 2.46. The Morgan fingerprint density at radius 3 is 2.89 bits per heavy atom. The van der Waals surface area contributed by atoms with Crippen molar-refractivity contribution >= 4 is 26.2 Å². The van der Waals surface area contributed by atoms with Gasteiger partial charge in [-0.25, -0.2) is 4.98 Å². The topological polar surface area (TPSA) is 56.5 Å².